The standard InChI is InChI=1S/C18H18N4OS/c1-11-20-17(22-13-7-8-16(23)19-10-13)14-9-15(24-18(14)21-11)12-5-3-2-4-6-12/h2-6,9,13H,7-8,10H2,1H3,(H,19,23)(H,20,21,22). The van der Waals surface area contributed by atoms with Gasteiger partial charge in [0.05, 0.1) is 5.39 Å². The van der Waals surface area contributed by atoms with Crippen LogP contribution in [0.15, 0.2) is 36.4 Å². The summed E-state index contributed by atoms with van der Waals surface area (Å²) in [4.78, 5) is 22.7. The summed E-state index contributed by atoms with van der Waals surface area (Å²) in [6.07, 6.45) is 1.38. The summed E-state index contributed by atoms with van der Waals surface area (Å²) < 4.78 is 0. The van der Waals surface area contributed by atoms with E-state index < -0.39 is 0 Å². The van der Waals surface area contributed by atoms with Crippen molar-refractivity contribution in [2.24, 2.45) is 0 Å². The normalized spacial score (nSPS) is 17.7. The van der Waals surface area contributed by atoms with Crippen molar-refractivity contribution < 1.29 is 4.79 Å². The van der Waals surface area contributed by atoms with E-state index in [4.69, 9.17) is 0 Å². The van der Waals surface area contributed by atoms with E-state index in [1.54, 1.807) is 11.3 Å². The first-order valence-electron chi connectivity index (χ1n) is 8.06. The molecular weight excluding hydrogens is 320 g/mol. The van der Waals surface area contributed by atoms with Crippen LogP contribution < -0.4 is 10.6 Å². The fourth-order valence-electron chi connectivity index (χ4n) is 2.93. The first kappa shape index (κ1) is 15.1. The summed E-state index contributed by atoms with van der Waals surface area (Å²) in [5, 5.41) is 7.44. The number of thiophene rings is 1. The molecule has 1 atom stereocenters. The number of aryl methyl sites for hydroxylation is 1. The monoisotopic (exact) mass is 338 g/mol. The van der Waals surface area contributed by atoms with Gasteiger partial charge in [-0.05, 0) is 25.0 Å². The van der Waals surface area contributed by atoms with Crippen LogP contribution in [0.2, 0.25) is 0 Å². The molecule has 6 heteroatoms. The average molecular weight is 338 g/mol. The lowest BCUT2D eigenvalue weighted by molar-refractivity contribution is -0.122. The molecule has 1 saturated heterocycles. The number of fused-ring (bicyclic) bond motifs is 1. The highest BCUT2D eigenvalue weighted by Crippen LogP contribution is 2.35. The number of carbonyl (C=O) groups excluding carboxylic acids is 1. The molecule has 2 N–H and O–H groups in total. The van der Waals surface area contributed by atoms with Crippen molar-refractivity contribution in [2.45, 2.75) is 25.8 Å². The zero-order valence-corrected chi connectivity index (χ0v) is 14.2. The minimum atomic E-state index is 0.124. The third kappa shape index (κ3) is 2.97. The Bertz CT molecular complexity index is 881. The van der Waals surface area contributed by atoms with E-state index in [2.05, 4.69) is 38.8 Å². The van der Waals surface area contributed by atoms with Crippen molar-refractivity contribution in [3.05, 3.63) is 42.2 Å². The zero-order valence-electron chi connectivity index (χ0n) is 13.4. The number of piperidine rings is 1. The Morgan fingerprint density at radius 1 is 1.25 bits per heavy atom. The Hall–Kier alpha value is -2.47. The van der Waals surface area contributed by atoms with E-state index >= 15 is 0 Å². The highest BCUT2D eigenvalue weighted by atomic mass is 32.1. The molecule has 0 spiro atoms. The summed E-state index contributed by atoms with van der Waals surface area (Å²) in [6, 6.07) is 12.7. The third-order valence-corrected chi connectivity index (χ3v) is 5.25. The Kier molecular flexibility index (Phi) is 3.90. The molecule has 1 unspecified atom stereocenters. The predicted molar refractivity (Wildman–Crippen MR) is 97.2 cm³/mol. The molecule has 2 aromatic heterocycles. The van der Waals surface area contributed by atoms with Gasteiger partial charge in [0.25, 0.3) is 0 Å². The second-order valence-electron chi connectivity index (χ2n) is 6.00. The SMILES string of the molecule is Cc1nc(NC2CCC(=O)NC2)c2cc(-c3ccccc3)sc2n1. The lowest BCUT2D eigenvalue weighted by Gasteiger charge is -2.24. The minimum absolute atomic E-state index is 0.124. The maximum absolute atomic E-state index is 11.3. The van der Waals surface area contributed by atoms with E-state index in [-0.39, 0.29) is 11.9 Å². The molecule has 122 valence electrons. The molecule has 1 aromatic carbocycles. The van der Waals surface area contributed by atoms with E-state index in [0.717, 1.165) is 28.3 Å². The van der Waals surface area contributed by atoms with Crippen molar-refractivity contribution >= 4 is 33.3 Å². The van der Waals surface area contributed by atoms with Gasteiger partial charge in [0.2, 0.25) is 5.91 Å². The molecule has 5 nitrogen and oxygen atoms in total. The molecular formula is C18H18N4OS. The van der Waals surface area contributed by atoms with Gasteiger partial charge in [-0.15, -0.1) is 11.3 Å². The number of carbonyl (C=O) groups is 1. The average Bonchev–Trinajstić information content (AvgIpc) is 3.02. The molecule has 4 rings (SSSR count). The van der Waals surface area contributed by atoms with Gasteiger partial charge in [0.15, 0.2) is 0 Å². The number of rotatable bonds is 3. The molecule has 24 heavy (non-hydrogen) atoms. The molecule has 1 aliphatic heterocycles. The fraction of sp³-hybridized carbons (Fsp3) is 0.278. The van der Waals surface area contributed by atoms with Crippen LogP contribution in [0.5, 0.6) is 0 Å². The van der Waals surface area contributed by atoms with Gasteiger partial charge in [-0.1, -0.05) is 30.3 Å². The fourth-order valence-corrected chi connectivity index (χ4v) is 4.01. The van der Waals surface area contributed by atoms with Gasteiger partial charge in [-0.25, -0.2) is 9.97 Å². The predicted octanol–water partition coefficient (Wildman–Crippen LogP) is 3.36. The highest BCUT2D eigenvalue weighted by Gasteiger charge is 2.20. The van der Waals surface area contributed by atoms with Gasteiger partial charge < -0.3 is 10.6 Å². The van der Waals surface area contributed by atoms with Crippen LogP contribution in [0.3, 0.4) is 0 Å². The topological polar surface area (TPSA) is 66.9 Å². The molecule has 0 saturated carbocycles. The minimum Gasteiger partial charge on any atom is -0.365 e. The molecule has 3 heterocycles. The molecule has 1 amide bonds. The van der Waals surface area contributed by atoms with Gasteiger partial charge in [0, 0.05) is 23.9 Å². The van der Waals surface area contributed by atoms with Gasteiger partial charge in [0.1, 0.15) is 16.5 Å². The number of hydrogen-bond acceptors (Lipinski definition) is 5. The van der Waals surface area contributed by atoms with E-state index in [0.29, 0.717) is 13.0 Å². The second-order valence-corrected chi connectivity index (χ2v) is 7.03. The van der Waals surface area contributed by atoms with Gasteiger partial charge in [-0.3, -0.25) is 4.79 Å². The van der Waals surface area contributed by atoms with Crippen molar-refractivity contribution in [3.8, 4) is 10.4 Å². The van der Waals surface area contributed by atoms with Crippen molar-refractivity contribution in [1.29, 1.82) is 0 Å². The summed E-state index contributed by atoms with van der Waals surface area (Å²) in [6.45, 7) is 2.55. The Morgan fingerprint density at radius 2 is 2.08 bits per heavy atom. The Morgan fingerprint density at radius 3 is 2.83 bits per heavy atom. The molecule has 1 fully saturated rings. The molecule has 1 aliphatic rings. The van der Waals surface area contributed by atoms with Crippen molar-refractivity contribution in [1.82, 2.24) is 15.3 Å². The van der Waals surface area contributed by atoms with Crippen molar-refractivity contribution in [3.63, 3.8) is 0 Å². The van der Waals surface area contributed by atoms with E-state index in [9.17, 15) is 4.79 Å². The maximum Gasteiger partial charge on any atom is 0.220 e. The number of hydrogen-bond donors (Lipinski definition) is 2. The number of benzene rings is 1. The number of anilines is 1. The molecule has 3 aromatic rings. The molecule has 0 aliphatic carbocycles. The summed E-state index contributed by atoms with van der Waals surface area (Å²) >= 11 is 1.68. The number of nitrogens with one attached hydrogen (secondary N) is 2. The van der Waals surface area contributed by atoms with Crippen molar-refractivity contribution in [2.75, 3.05) is 11.9 Å². The van der Waals surface area contributed by atoms with E-state index in [1.807, 2.05) is 25.1 Å². The van der Waals surface area contributed by atoms with Gasteiger partial charge in [-0.2, -0.15) is 0 Å². The summed E-state index contributed by atoms with van der Waals surface area (Å²) in [5.41, 5.74) is 1.19. The van der Waals surface area contributed by atoms with Crippen LogP contribution >= 0.6 is 11.3 Å². The highest BCUT2D eigenvalue weighted by molar-refractivity contribution is 7.21. The maximum atomic E-state index is 11.3. The smallest absolute Gasteiger partial charge is 0.220 e. The van der Waals surface area contributed by atoms with Gasteiger partial charge >= 0.3 is 0 Å². The lowest BCUT2D eigenvalue weighted by Crippen LogP contribution is -2.42. The van der Waals surface area contributed by atoms with Crippen LogP contribution in [0.25, 0.3) is 20.7 Å². The summed E-state index contributed by atoms with van der Waals surface area (Å²) in [7, 11) is 0. The van der Waals surface area contributed by atoms with E-state index in [1.165, 1.54) is 10.4 Å². The second kappa shape index (κ2) is 6.20. The zero-order chi connectivity index (χ0) is 16.5. The first-order chi connectivity index (χ1) is 11.7. The molecule has 0 bridgehead atoms. The largest absolute Gasteiger partial charge is 0.365 e. The number of nitrogens with zero attached hydrogens (tertiary/aromatic N) is 2. The Labute approximate surface area is 144 Å². The Balaban J connectivity index is 1.70. The first-order valence-corrected chi connectivity index (χ1v) is 8.87. The van der Waals surface area contributed by atoms with Crippen LogP contribution in [0, 0.1) is 6.92 Å². The quantitative estimate of drug-likeness (QED) is 0.768. The number of amides is 1. The van der Waals surface area contributed by atoms with Crippen LogP contribution in [-0.2, 0) is 4.79 Å². The number of aromatic nitrogens is 2. The van der Waals surface area contributed by atoms with Crippen LogP contribution in [0.1, 0.15) is 18.7 Å². The third-order valence-electron chi connectivity index (χ3n) is 4.17. The van der Waals surface area contributed by atoms with Crippen LogP contribution in [-0.4, -0.2) is 28.5 Å². The van der Waals surface area contributed by atoms with Crippen LogP contribution in [0.4, 0.5) is 5.82 Å². The molecule has 0 radical (unpaired) electrons. The lowest BCUT2D eigenvalue weighted by atomic mass is 10.1. The summed E-state index contributed by atoms with van der Waals surface area (Å²) in [5.74, 6) is 1.74.